The van der Waals surface area contributed by atoms with Gasteiger partial charge in [0, 0.05) is 44.8 Å². The van der Waals surface area contributed by atoms with Gasteiger partial charge in [-0.25, -0.2) is 4.98 Å². The Balaban J connectivity index is 1.25. The smallest absolute Gasteiger partial charge is 0.416 e. The number of hydrogen-bond donors (Lipinski definition) is 1. The van der Waals surface area contributed by atoms with Crippen molar-refractivity contribution in [1.29, 1.82) is 0 Å². The molecule has 186 valence electrons. The number of ether oxygens (including phenoxy) is 1. The van der Waals surface area contributed by atoms with Gasteiger partial charge in [0.25, 0.3) is 5.91 Å². The summed E-state index contributed by atoms with van der Waals surface area (Å²) in [5.41, 5.74) is 0.845. The number of piperazine rings is 1. The fourth-order valence-electron chi connectivity index (χ4n) is 3.99. The number of para-hydroxylation sites is 1. The molecule has 0 atom stereocenters. The number of amides is 1. The Morgan fingerprint density at radius 1 is 1.06 bits per heavy atom. The van der Waals surface area contributed by atoms with Crippen molar-refractivity contribution in [2.45, 2.75) is 25.8 Å². The topological polar surface area (TPSA) is 70.8 Å². The van der Waals surface area contributed by atoms with Gasteiger partial charge < -0.3 is 14.5 Å². The fourth-order valence-corrected chi connectivity index (χ4v) is 3.99. The van der Waals surface area contributed by atoms with Crippen molar-refractivity contribution in [2.75, 3.05) is 33.3 Å². The van der Waals surface area contributed by atoms with Crippen LogP contribution in [0, 0.1) is 0 Å². The largest absolute Gasteiger partial charge is 0.496 e. The van der Waals surface area contributed by atoms with Crippen LogP contribution in [0.1, 0.15) is 33.1 Å². The molecule has 0 bridgehead atoms. The van der Waals surface area contributed by atoms with Crippen LogP contribution < -0.4 is 10.1 Å². The molecule has 0 aliphatic carbocycles. The van der Waals surface area contributed by atoms with Gasteiger partial charge in [0.1, 0.15) is 12.0 Å². The number of alkyl halides is 3. The lowest BCUT2D eigenvalue weighted by Crippen LogP contribution is -2.45. The van der Waals surface area contributed by atoms with Crippen LogP contribution in [0.5, 0.6) is 5.75 Å². The lowest BCUT2D eigenvalue weighted by Gasteiger charge is -2.34. The molecule has 35 heavy (non-hydrogen) atoms. The Labute approximate surface area is 201 Å². The normalized spacial score (nSPS) is 15.2. The maximum Gasteiger partial charge on any atom is 0.416 e. The van der Waals surface area contributed by atoms with Crippen LogP contribution in [0.4, 0.5) is 13.2 Å². The van der Waals surface area contributed by atoms with Crippen LogP contribution >= 0.6 is 0 Å². The SMILES string of the molecule is COc1ccccc1CN1CCN(Cc2nc(C(=O)NCc3cccc(C(F)(F)F)c3)co2)CC1. The summed E-state index contributed by atoms with van der Waals surface area (Å²) in [6, 6.07) is 12.8. The molecule has 1 amide bonds. The van der Waals surface area contributed by atoms with E-state index in [-0.39, 0.29) is 12.2 Å². The van der Waals surface area contributed by atoms with E-state index >= 15 is 0 Å². The van der Waals surface area contributed by atoms with Gasteiger partial charge in [-0.1, -0.05) is 30.3 Å². The molecule has 1 aliphatic rings. The zero-order valence-corrected chi connectivity index (χ0v) is 19.3. The monoisotopic (exact) mass is 488 g/mol. The van der Waals surface area contributed by atoms with Crippen LogP contribution in [0.2, 0.25) is 0 Å². The predicted octanol–water partition coefficient (Wildman–Crippen LogP) is 3.95. The van der Waals surface area contributed by atoms with Gasteiger partial charge in [-0.3, -0.25) is 14.6 Å². The Morgan fingerprint density at radius 2 is 1.77 bits per heavy atom. The first-order valence-electron chi connectivity index (χ1n) is 11.3. The van der Waals surface area contributed by atoms with Crippen molar-refractivity contribution >= 4 is 5.91 Å². The van der Waals surface area contributed by atoms with E-state index in [2.05, 4.69) is 26.2 Å². The number of carbonyl (C=O) groups excluding carboxylic acids is 1. The highest BCUT2D eigenvalue weighted by Crippen LogP contribution is 2.29. The molecule has 0 saturated carbocycles. The molecule has 0 radical (unpaired) electrons. The molecule has 1 aromatic heterocycles. The molecule has 7 nitrogen and oxygen atoms in total. The van der Waals surface area contributed by atoms with E-state index in [1.807, 2.05) is 18.2 Å². The summed E-state index contributed by atoms with van der Waals surface area (Å²) in [5.74, 6) is 0.806. The summed E-state index contributed by atoms with van der Waals surface area (Å²) in [4.78, 5) is 21.2. The highest BCUT2D eigenvalue weighted by molar-refractivity contribution is 5.91. The summed E-state index contributed by atoms with van der Waals surface area (Å²) >= 11 is 0. The summed E-state index contributed by atoms with van der Waals surface area (Å²) in [5, 5.41) is 2.59. The number of hydrogen-bond acceptors (Lipinski definition) is 6. The molecule has 0 unspecified atom stereocenters. The lowest BCUT2D eigenvalue weighted by atomic mass is 10.1. The number of nitrogens with zero attached hydrogens (tertiary/aromatic N) is 3. The van der Waals surface area contributed by atoms with Crippen LogP contribution in [-0.2, 0) is 25.8 Å². The average Bonchev–Trinajstić information content (AvgIpc) is 3.32. The predicted molar refractivity (Wildman–Crippen MR) is 123 cm³/mol. The standard InChI is InChI=1S/C25H27F3N4O3/c1-34-22-8-3-2-6-19(22)15-31-9-11-32(12-10-31)16-23-30-21(17-35-23)24(33)29-14-18-5-4-7-20(13-18)25(26,27)28/h2-8,13,17H,9-12,14-16H2,1H3,(H,29,33). The summed E-state index contributed by atoms with van der Waals surface area (Å²) < 4.78 is 49.5. The molecule has 1 aliphatic heterocycles. The maximum atomic E-state index is 12.9. The van der Waals surface area contributed by atoms with Crippen molar-refractivity contribution in [3.05, 3.63) is 83.1 Å². The zero-order valence-electron chi connectivity index (χ0n) is 19.3. The van der Waals surface area contributed by atoms with Gasteiger partial charge in [0.05, 0.1) is 19.2 Å². The van der Waals surface area contributed by atoms with E-state index in [0.717, 1.165) is 56.2 Å². The number of oxazole rings is 1. The third-order valence-electron chi connectivity index (χ3n) is 5.90. The number of rotatable bonds is 8. The maximum absolute atomic E-state index is 12.9. The highest BCUT2D eigenvalue weighted by atomic mass is 19.4. The van der Waals surface area contributed by atoms with Crippen LogP contribution in [-0.4, -0.2) is 54.0 Å². The molecule has 1 saturated heterocycles. The number of aromatic nitrogens is 1. The Kier molecular flexibility index (Phi) is 7.72. The minimum Gasteiger partial charge on any atom is -0.496 e. The Morgan fingerprint density at radius 3 is 2.49 bits per heavy atom. The number of nitrogens with one attached hydrogen (secondary N) is 1. The molecule has 2 aromatic carbocycles. The van der Waals surface area contributed by atoms with Crippen LogP contribution in [0.3, 0.4) is 0 Å². The second-order valence-corrected chi connectivity index (χ2v) is 8.37. The molecule has 2 heterocycles. The number of methoxy groups -OCH3 is 1. The molecule has 0 spiro atoms. The number of carbonyl (C=O) groups is 1. The van der Waals surface area contributed by atoms with E-state index in [1.165, 1.54) is 18.4 Å². The average molecular weight is 489 g/mol. The number of halogens is 3. The summed E-state index contributed by atoms with van der Waals surface area (Å²) in [6.45, 7) is 4.66. The van der Waals surface area contributed by atoms with Crippen molar-refractivity contribution in [3.63, 3.8) is 0 Å². The van der Waals surface area contributed by atoms with Gasteiger partial charge in [0.15, 0.2) is 5.69 Å². The van der Waals surface area contributed by atoms with Crippen LogP contribution in [0.15, 0.2) is 59.2 Å². The third kappa shape index (κ3) is 6.61. The van der Waals surface area contributed by atoms with Gasteiger partial charge in [-0.05, 0) is 23.8 Å². The molecule has 1 N–H and O–H groups in total. The number of benzene rings is 2. The minimum absolute atomic E-state index is 0.0426. The van der Waals surface area contributed by atoms with Crippen molar-refractivity contribution in [1.82, 2.24) is 20.1 Å². The summed E-state index contributed by atoms with van der Waals surface area (Å²) in [6.07, 6.45) is -3.16. The second-order valence-electron chi connectivity index (χ2n) is 8.37. The molecule has 4 rings (SSSR count). The minimum atomic E-state index is -4.43. The lowest BCUT2D eigenvalue weighted by molar-refractivity contribution is -0.137. The first-order chi connectivity index (χ1) is 16.8. The first-order valence-corrected chi connectivity index (χ1v) is 11.3. The van der Waals surface area contributed by atoms with E-state index in [1.54, 1.807) is 7.11 Å². The second kappa shape index (κ2) is 10.9. The molecular formula is C25H27F3N4O3. The molecular weight excluding hydrogens is 461 g/mol. The quantitative estimate of drug-likeness (QED) is 0.518. The van der Waals surface area contributed by atoms with E-state index in [0.29, 0.717) is 18.0 Å². The van der Waals surface area contributed by atoms with Gasteiger partial charge in [-0.15, -0.1) is 0 Å². The van der Waals surface area contributed by atoms with Crippen molar-refractivity contribution in [2.24, 2.45) is 0 Å². The van der Waals surface area contributed by atoms with Crippen molar-refractivity contribution in [3.8, 4) is 5.75 Å². The molecule has 1 fully saturated rings. The molecule has 3 aromatic rings. The van der Waals surface area contributed by atoms with Gasteiger partial charge in [-0.2, -0.15) is 13.2 Å². The van der Waals surface area contributed by atoms with E-state index in [4.69, 9.17) is 9.15 Å². The van der Waals surface area contributed by atoms with E-state index in [9.17, 15) is 18.0 Å². The van der Waals surface area contributed by atoms with Gasteiger partial charge >= 0.3 is 6.18 Å². The fraction of sp³-hybridized carbons (Fsp3) is 0.360. The van der Waals surface area contributed by atoms with Gasteiger partial charge in [0.2, 0.25) is 5.89 Å². The Bertz CT molecular complexity index is 1140. The van der Waals surface area contributed by atoms with Crippen LogP contribution in [0.25, 0.3) is 0 Å². The Hall–Kier alpha value is -3.37. The zero-order chi connectivity index (χ0) is 24.8. The first kappa shape index (κ1) is 24.7. The van der Waals surface area contributed by atoms with E-state index < -0.39 is 17.6 Å². The third-order valence-corrected chi connectivity index (χ3v) is 5.90. The van der Waals surface area contributed by atoms with Crippen molar-refractivity contribution < 1.29 is 27.1 Å². The summed E-state index contributed by atoms with van der Waals surface area (Å²) in [7, 11) is 1.67. The highest BCUT2D eigenvalue weighted by Gasteiger charge is 2.30. The molecule has 10 heteroatoms.